The molecule has 1 unspecified atom stereocenters. The highest BCUT2D eigenvalue weighted by molar-refractivity contribution is 5.74. The van der Waals surface area contributed by atoms with Crippen molar-refractivity contribution < 1.29 is 4.79 Å². The second kappa shape index (κ2) is 3.36. The van der Waals surface area contributed by atoms with Gasteiger partial charge in [0.25, 0.3) is 0 Å². The van der Waals surface area contributed by atoms with Gasteiger partial charge < -0.3 is 16.0 Å². The van der Waals surface area contributed by atoms with Crippen LogP contribution >= 0.6 is 0 Å². The second-order valence-electron chi connectivity index (χ2n) is 2.74. The Labute approximate surface area is 70.4 Å². The number of carbonyl (C=O) groups excluding carboxylic acids is 1. The van der Waals surface area contributed by atoms with Crippen LogP contribution in [0.3, 0.4) is 0 Å². The van der Waals surface area contributed by atoms with Crippen LogP contribution in [-0.2, 0) is 11.8 Å². The van der Waals surface area contributed by atoms with Crippen molar-refractivity contribution in [2.75, 3.05) is 0 Å². The molecule has 0 fully saturated rings. The fourth-order valence-corrected chi connectivity index (χ4v) is 0.946. The van der Waals surface area contributed by atoms with Gasteiger partial charge >= 0.3 is 0 Å². The Morgan fingerprint density at radius 3 is 2.92 bits per heavy atom. The van der Waals surface area contributed by atoms with Gasteiger partial charge in [-0.05, 0) is 0 Å². The van der Waals surface area contributed by atoms with Gasteiger partial charge in [-0.25, -0.2) is 4.98 Å². The van der Waals surface area contributed by atoms with E-state index in [1.54, 1.807) is 17.1 Å². The number of imidazole rings is 1. The maximum absolute atomic E-state index is 10.5. The minimum Gasteiger partial charge on any atom is -0.370 e. The number of nitrogens with zero attached hydrogens (tertiary/aromatic N) is 2. The quantitative estimate of drug-likeness (QED) is 0.625. The summed E-state index contributed by atoms with van der Waals surface area (Å²) in [6, 6.07) is -0.385. The van der Waals surface area contributed by atoms with Crippen molar-refractivity contribution in [3.8, 4) is 0 Å². The summed E-state index contributed by atoms with van der Waals surface area (Å²) in [4.78, 5) is 14.5. The number of hydrogen-bond donors (Lipinski definition) is 2. The van der Waals surface area contributed by atoms with E-state index in [0.717, 1.165) is 0 Å². The molecule has 5 nitrogen and oxygen atoms in total. The van der Waals surface area contributed by atoms with Crippen LogP contribution in [-0.4, -0.2) is 15.5 Å². The van der Waals surface area contributed by atoms with Gasteiger partial charge in [-0.1, -0.05) is 0 Å². The van der Waals surface area contributed by atoms with Crippen LogP contribution in [0.25, 0.3) is 0 Å². The second-order valence-corrected chi connectivity index (χ2v) is 2.74. The summed E-state index contributed by atoms with van der Waals surface area (Å²) in [5, 5.41) is 0. The Morgan fingerprint density at radius 1 is 1.83 bits per heavy atom. The van der Waals surface area contributed by atoms with Gasteiger partial charge in [-0.3, -0.25) is 4.79 Å². The van der Waals surface area contributed by atoms with Crippen LogP contribution < -0.4 is 11.5 Å². The van der Waals surface area contributed by atoms with Crippen LogP contribution in [0.4, 0.5) is 0 Å². The Bertz CT molecular complexity index is 281. The lowest BCUT2D eigenvalue weighted by atomic mass is 10.1. The number of rotatable bonds is 3. The van der Waals surface area contributed by atoms with Crippen molar-refractivity contribution in [3.63, 3.8) is 0 Å². The van der Waals surface area contributed by atoms with Crippen LogP contribution in [0.2, 0.25) is 0 Å². The molecule has 1 amide bonds. The van der Waals surface area contributed by atoms with Crippen molar-refractivity contribution in [3.05, 3.63) is 18.2 Å². The zero-order valence-corrected chi connectivity index (χ0v) is 6.90. The molecule has 4 N–H and O–H groups in total. The largest absolute Gasteiger partial charge is 0.370 e. The Morgan fingerprint density at radius 2 is 2.50 bits per heavy atom. The van der Waals surface area contributed by atoms with Crippen LogP contribution in [0.5, 0.6) is 0 Å². The maximum Gasteiger partial charge on any atom is 0.219 e. The molecule has 1 aromatic rings. The predicted octanol–water partition coefficient (Wildman–Crippen LogP) is -0.705. The van der Waals surface area contributed by atoms with Gasteiger partial charge in [-0.15, -0.1) is 0 Å². The summed E-state index contributed by atoms with van der Waals surface area (Å²) in [6.07, 6.45) is 3.54. The third kappa shape index (κ3) is 2.06. The topological polar surface area (TPSA) is 86.9 Å². The average molecular weight is 168 g/mol. The third-order valence-corrected chi connectivity index (χ3v) is 1.53. The number of aryl methyl sites for hydroxylation is 1. The van der Waals surface area contributed by atoms with E-state index < -0.39 is 5.91 Å². The lowest BCUT2D eigenvalue weighted by Gasteiger charge is -2.04. The molecular weight excluding hydrogens is 156 g/mol. The first-order valence-corrected chi connectivity index (χ1v) is 3.61. The van der Waals surface area contributed by atoms with E-state index in [1.807, 2.05) is 7.05 Å². The van der Waals surface area contributed by atoms with E-state index in [1.165, 1.54) is 0 Å². The van der Waals surface area contributed by atoms with Crippen molar-refractivity contribution in [2.24, 2.45) is 18.5 Å². The number of aromatic nitrogens is 2. The van der Waals surface area contributed by atoms with Gasteiger partial charge in [0.1, 0.15) is 0 Å². The van der Waals surface area contributed by atoms with Gasteiger partial charge in [0.2, 0.25) is 5.91 Å². The molecule has 1 aromatic heterocycles. The smallest absolute Gasteiger partial charge is 0.219 e. The van der Waals surface area contributed by atoms with Crippen molar-refractivity contribution in [1.29, 1.82) is 0 Å². The molecule has 0 aromatic carbocycles. The van der Waals surface area contributed by atoms with Gasteiger partial charge in [0.05, 0.1) is 18.1 Å². The molecule has 12 heavy (non-hydrogen) atoms. The minimum atomic E-state index is -0.409. The maximum atomic E-state index is 10.5. The highest BCUT2D eigenvalue weighted by Crippen LogP contribution is 2.09. The molecule has 0 aliphatic carbocycles. The highest BCUT2D eigenvalue weighted by Gasteiger charge is 2.10. The van der Waals surface area contributed by atoms with E-state index in [-0.39, 0.29) is 12.5 Å². The molecule has 1 rings (SSSR count). The Balaban J connectivity index is 2.64. The standard InChI is InChI=1S/C7H12N4O/c1-11-3-6(10-4-11)5(8)2-7(9)12/h3-5H,2,8H2,1H3,(H2,9,12). The summed E-state index contributed by atoms with van der Waals surface area (Å²) >= 11 is 0. The lowest BCUT2D eigenvalue weighted by molar-refractivity contribution is -0.118. The van der Waals surface area contributed by atoms with Crippen molar-refractivity contribution in [1.82, 2.24) is 9.55 Å². The molecule has 1 atom stereocenters. The van der Waals surface area contributed by atoms with Gasteiger partial charge in [-0.2, -0.15) is 0 Å². The SMILES string of the molecule is Cn1cnc(C(N)CC(N)=O)c1. The van der Waals surface area contributed by atoms with E-state index in [0.29, 0.717) is 5.69 Å². The lowest BCUT2D eigenvalue weighted by Crippen LogP contribution is -2.20. The van der Waals surface area contributed by atoms with E-state index >= 15 is 0 Å². The Kier molecular flexibility index (Phi) is 2.44. The fraction of sp³-hybridized carbons (Fsp3) is 0.429. The zero-order valence-electron chi connectivity index (χ0n) is 6.90. The van der Waals surface area contributed by atoms with E-state index in [2.05, 4.69) is 4.98 Å². The Hall–Kier alpha value is -1.36. The molecule has 5 heteroatoms. The summed E-state index contributed by atoms with van der Waals surface area (Å²) in [5.41, 5.74) is 11.3. The number of hydrogen-bond acceptors (Lipinski definition) is 3. The third-order valence-electron chi connectivity index (χ3n) is 1.53. The zero-order chi connectivity index (χ0) is 9.14. The minimum absolute atomic E-state index is 0.136. The fourth-order valence-electron chi connectivity index (χ4n) is 0.946. The average Bonchev–Trinajstić information content (AvgIpc) is 2.34. The molecule has 0 bridgehead atoms. The number of amides is 1. The number of carbonyl (C=O) groups is 1. The van der Waals surface area contributed by atoms with E-state index in [4.69, 9.17) is 11.5 Å². The molecular formula is C7H12N4O. The molecule has 0 aliphatic rings. The van der Waals surface area contributed by atoms with Crippen molar-refractivity contribution >= 4 is 5.91 Å². The summed E-state index contributed by atoms with van der Waals surface area (Å²) in [6.45, 7) is 0. The van der Waals surface area contributed by atoms with Gasteiger partial charge in [0.15, 0.2) is 0 Å². The summed E-state index contributed by atoms with van der Waals surface area (Å²) in [7, 11) is 1.84. The number of nitrogens with two attached hydrogens (primary N) is 2. The number of primary amides is 1. The van der Waals surface area contributed by atoms with Crippen molar-refractivity contribution in [2.45, 2.75) is 12.5 Å². The predicted molar refractivity (Wildman–Crippen MR) is 43.9 cm³/mol. The first-order valence-electron chi connectivity index (χ1n) is 3.61. The van der Waals surface area contributed by atoms with Crippen LogP contribution in [0.1, 0.15) is 18.2 Å². The molecule has 0 spiro atoms. The summed E-state index contributed by atoms with van der Waals surface area (Å²) in [5.74, 6) is -0.409. The molecule has 0 saturated heterocycles. The molecule has 0 aliphatic heterocycles. The van der Waals surface area contributed by atoms with E-state index in [9.17, 15) is 4.79 Å². The molecule has 0 radical (unpaired) electrons. The summed E-state index contributed by atoms with van der Waals surface area (Å²) < 4.78 is 1.77. The molecule has 1 heterocycles. The normalized spacial score (nSPS) is 12.8. The first kappa shape index (κ1) is 8.73. The van der Waals surface area contributed by atoms with Crippen LogP contribution in [0.15, 0.2) is 12.5 Å². The molecule has 0 saturated carbocycles. The molecule has 66 valence electrons. The first-order chi connectivity index (χ1) is 5.59. The highest BCUT2D eigenvalue weighted by atomic mass is 16.1. The van der Waals surface area contributed by atoms with Gasteiger partial charge in [0, 0.05) is 19.7 Å². The van der Waals surface area contributed by atoms with Crippen LogP contribution in [0, 0.1) is 0 Å². The monoisotopic (exact) mass is 168 g/mol.